The Morgan fingerprint density at radius 3 is 2.73 bits per heavy atom. The van der Waals surface area contributed by atoms with Crippen molar-refractivity contribution < 1.29 is 9.59 Å². The van der Waals surface area contributed by atoms with Crippen LogP contribution in [0.15, 0.2) is 34.5 Å². The van der Waals surface area contributed by atoms with E-state index in [1.54, 1.807) is 23.0 Å². The van der Waals surface area contributed by atoms with Crippen molar-refractivity contribution in [1.82, 2.24) is 9.97 Å². The van der Waals surface area contributed by atoms with E-state index in [0.717, 1.165) is 0 Å². The zero-order chi connectivity index (χ0) is 15.4. The highest BCUT2D eigenvalue weighted by molar-refractivity contribution is 7.14. The fourth-order valence-corrected chi connectivity index (χ4v) is 3.49. The molecule has 2 N–H and O–H groups in total. The molecule has 0 saturated carbocycles. The first kappa shape index (κ1) is 14.8. The Morgan fingerprint density at radius 2 is 2.00 bits per heavy atom. The molecule has 0 atom stereocenters. The van der Waals surface area contributed by atoms with E-state index in [1.165, 1.54) is 34.0 Å². The van der Waals surface area contributed by atoms with Gasteiger partial charge in [0.05, 0.1) is 17.0 Å². The Labute approximate surface area is 137 Å². The van der Waals surface area contributed by atoms with Gasteiger partial charge in [-0.25, -0.2) is 9.97 Å². The van der Waals surface area contributed by atoms with Crippen LogP contribution < -0.4 is 10.6 Å². The van der Waals surface area contributed by atoms with E-state index in [0.29, 0.717) is 20.8 Å². The van der Waals surface area contributed by atoms with Crippen LogP contribution in [-0.4, -0.2) is 21.8 Å². The lowest BCUT2D eigenvalue weighted by molar-refractivity contribution is -0.115. The molecule has 0 aliphatic heterocycles. The van der Waals surface area contributed by atoms with Gasteiger partial charge in [-0.15, -0.1) is 34.0 Å². The van der Waals surface area contributed by atoms with Crippen molar-refractivity contribution in [2.75, 3.05) is 10.6 Å². The quantitative estimate of drug-likeness (QED) is 0.740. The Kier molecular flexibility index (Phi) is 4.56. The summed E-state index contributed by atoms with van der Waals surface area (Å²) < 4.78 is 0. The number of nitrogens with zero attached hydrogens (tertiary/aromatic N) is 2. The third kappa shape index (κ3) is 3.75. The minimum Gasteiger partial charge on any atom is -0.302 e. The first-order valence-corrected chi connectivity index (χ1v) is 8.83. The van der Waals surface area contributed by atoms with Gasteiger partial charge in [-0.2, -0.15) is 0 Å². The average Bonchev–Trinajstić information content (AvgIpc) is 3.20. The molecule has 0 saturated heterocycles. The second-order valence-corrected chi connectivity index (χ2v) is 6.84. The van der Waals surface area contributed by atoms with Gasteiger partial charge in [0.1, 0.15) is 0 Å². The molecule has 3 aromatic rings. The van der Waals surface area contributed by atoms with Gasteiger partial charge >= 0.3 is 0 Å². The van der Waals surface area contributed by atoms with Gasteiger partial charge in [-0.3, -0.25) is 14.9 Å². The van der Waals surface area contributed by atoms with Gasteiger partial charge in [-0.1, -0.05) is 6.07 Å². The minimum absolute atomic E-state index is 0.144. The van der Waals surface area contributed by atoms with Gasteiger partial charge in [-0.05, 0) is 11.4 Å². The number of carbonyl (C=O) groups excluding carboxylic acids is 2. The highest BCUT2D eigenvalue weighted by Gasteiger charge is 2.12. The third-order valence-corrected chi connectivity index (χ3v) is 4.90. The number of thiazole rings is 2. The van der Waals surface area contributed by atoms with Crippen LogP contribution in [0.1, 0.15) is 15.4 Å². The van der Waals surface area contributed by atoms with Crippen LogP contribution in [-0.2, 0) is 11.2 Å². The molecular weight excluding hydrogens is 340 g/mol. The maximum Gasteiger partial charge on any atom is 0.267 e. The number of nitrogens with one attached hydrogen (secondary N) is 2. The van der Waals surface area contributed by atoms with Crippen molar-refractivity contribution in [3.05, 3.63) is 45.0 Å². The molecular formula is C13H10N4O2S3. The number of hydrogen-bond donors (Lipinski definition) is 2. The predicted octanol–water partition coefficient (Wildman–Crippen LogP) is 3.09. The molecule has 0 fully saturated rings. The fourth-order valence-electron chi connectivity index (χ4n) is 1.63. The van der Waals surface area contributed by atoms with E-state index >= 15 is 0 Å². The number of hydrogen-bond acceptors (Lipinski definition) is 7. The molecule has 3 rings (SSSR count). The van der Waals surface area contributed by atoms with E-state index in [9.17, 15) is 9.59 Å². The van der Waals surface area contributed by atoms with Gasteiger partial charge in [0.25, 0.3) is 5.91 Å². The first-order chi connectivity index (χ1) is 10.7. The molecule has 3 aromatic heterocycles. The van der Waals surface area contributed by atoms with Crippen molar-refractivity contribution in [1.29, 1.82) is 0 Å². The third-order valence-electron chi connectivity index (χ3n) is 2.54. The number of amides is 2. The zero-order valence-electron chi connectivity index (χ0n) is 11.1. The topological polar surface area (TPSA) is 84.0 Å². The smallest absolute Gasteiger partial charge is 0.267 e. The molecule has 0 aromatic carbocycles. The summed E-state index contributed by atoms with van der Waals surface area (Å²) in [7, 11) is 0. The number of thiophene rings is 1. The summed E-state index contributed by atoms with van der Waals surface area (Å²) in [6.45, 7) is 0. The fraction of sp³-hybridized carbons (Fsp3) is 0.0769. The van der Waals surface area contributed by atoms with Crippen LogP contribution in [0.2, 0.25) is 0 Å². The van der Waals surface area contributed by atoms with Crippen molar-refractivity contribution >= 4 is 56.1 Å². The van der Waals surface area contributed by atoms with Crippen LogP contribution in [0.5, 0.6) is 0 Å². The lowest BCUT2D eigenvalue weighted by atomic mass is 10.3. The van der Waals surface area contributed by atoms with Gasteiger partial charge in [0, 0.05) is 17.0 Å². The van der Waals surface area contributed by atoms with E-state index in [2.05, 4.69) is 20.6 Å². The Balaban J connectivity index is 1.57. The molecule has 0 spiro atoms. The lowest BCUT2D eigenvalue weighted by Gasteiger charge is -1.99. The molecule has 0 aliphatic carbocycles. The standard InChI is InChI=1S/C13H10N4O2S3/c18-10(16-12-14-3-5-21-12)6-8-7-22-13(15-8)17-11(19)9-2-1-4-20-9/h1-5,7H,6H2,(H,14,16,18)(H,15,17,19). The lowest BCUT2D eigenvalue weighted by Crippen LogP contribution is -2.14. The molecule has 22 heavy (non-hydrogen) atoms. The predicted molar refractivity (Wildman–Crippen MR) is 88.8 cm³/mol. The molecule has 9 heteroatoms. The molecule has 3 heterocycles. The maximum absolute atomic E-state index is 11.9. The van der Waals surface area contributed by atoms with Crippen molar-refractivity contribution in [2.45, 2.75) is 6.42 Å². The zero-order valence-corrected chi connectivity index (χ0v) is 13.6. The highest BCUT2D eigenvalue weighted by Crippen LogP contribution is 2.19. The maximum atomic E-state index is 11.9. The summed E-state index contributed by atoms with van der Waals surface area (Å²) in [6.07, 6.45) is 1.77. The Bertz CT molecular complexity index is 765. The molecule has 2 amide bonds. The van der Waals surface area contributed by atoms with Gasteiger partial charge < -0.3 is 5.32 Å². The molecule has 0 aliphatic rings. The van der Waals surface area contributed by atoms with E-state index in [-0.39, 0.29) is 18.2 Å². The Morgan fingerprint density at radius 1 is 1.09 bits per heavy atom. The summed E-state index contributed by atoms with van der Waals surface area (Å²) in [5.74, 6) is -0.375. The summed E-state index contributed by atoms with van der Waals surface area (Å²) >= 11 is 4.02. The van der Waals surface area contributed by atoms with Crippen LogP contribution in [0, 0.1) is 0 Å². The second-order valence-electron chi connectivity index (χ2n) is 4.14. The molecule has 0 radical (unpaired) electrons. The molecule has 0 bridgehead atoms. The second kappa shape index (κ2) is 6.77. The largest absolute Gasteiger partial charge is 0.302 e. The minimum atomic E-state index is -0.192. The summed E-state index contributed by atoms with van der Waals surface area (Å²) in [6, 6.07) is 3.56. The molecule has 6 nitrogen and oxygen atoms in total. The molecule has 0 unspecified atom stereocenters. The summed E-state index contributed by atoms with van der Waals surface area (Å²) in [5.41, 5.74) is 0.612. The van der Waals surface area contributed by atoms with Crippen LogP contribution in [0.3, 0.4) is 0 Å². The van der Waals surface area contributed by atoms with Crippen molar-refractivity contribution in [3.63, 3.8) is 0 Å². The Hall–Kier alpha value is -2.10. The van der Waals surface area contributed by atoms with Crippen LogP contribution in [0.4, 0.5) is 10.3 Å². The van der Waals surface area contributed by atoms with Crippen LogP contribution >= 0.6 is 34.0 Å². The van der Waals surface area contributed by atoms with Crippen LogP contribution in [0.25, 0.3) is 0 Å². The summed E-state index contributed by atoms with van der Waals surface area (Å²) in [5, 5.41) is 11.8. The normalized spacial score (nSPS) is 10.4. The van der Waals surface area contributed by atoms with E-state index < -0.39 is 0 Å². The van der Waals surface area contributed by atoms with Crippen molar-refractivity contribution in [2.24, 2.45) is 0 Å². The number of carbonyl (C=O) groups is 2. The van der Waals surface area contributed by atoms with E-state index in [4.69, 9.17) is 0 Å². The first-order valence-electron chi connectivity index (χ1n) is 6.19. The average molecular weight is 350 g/mol. The number of aromatic nitrogens is 2. The van der Waals surface area contributed by atoms with E-state index in [1.807, 2.05) is 11.4 Å². The van der Waals surface area contributed by atoms with Gasteiger partial charge in [0.15, 0.2) is 10.3 Å². The van der Waals surface area contributed by atoms with Crippen molar-refractivity contribution in [3.8, 4) is 0 Å². The summed E-state index contributed by atoms with van der Waals surface area (Å²) in [4.78, 5) is 32.6. The SMILES string of the molecule is O=C(Cc1csc(NC(=O)c2cccs2)n1)Nc1nccs1. The monoisotopic (exact) mass is 350 g/mol. The molecule has 112 valence electrons. The number of anilines is 2. The number of rotatable bonds is 5. The van der Waals surface area contributed by atoms with Gasteiger partial charge in [0.2, 0.25) is 5.91 Å². The highest BCUT2D eigenvalue weighted by atomic mass is 32.1.